The lowest BCUT2D eigenvalue weighted by atomic mass is 10.0. The number of aromatic nitrogens is 1. The topological polar surface area (TPSA) is 54.0 Å². The molecule has 1 amide bonds. The minimum Gasteiger partial charge on any atom is -0.354 e. The number of carbonyl (C=O) groups excluding carboxylic acids is 1. The lowest BCUT2D eigenvalue weighted by Gasteiger charge is -2.17. The Morgan fingerprint density at radius 3 is 2.75 bits per heavy atom. The predicted molar refractivity (Wildman–Crippen MR) is 115 cm³/mol. The Hall–Kier alpha value is -2.92. The Morgan fingerprint density at radius 1 is 1.29 bits per heavy atom. The number of pyridine rings is 1. The number of para-hydroxylation sites is 1. The van der Waals surface area contributed by atoms with Crippen molar-refractivity contribution in [3.63, 3.8) is 0 Å². The molecule has 0 aliphatic heterocycles. The van der Waals surface area contributed by atoms with Crippen molar-refractivity contribution in [2.75, 3.05) is 11.9 Å². The molecule has 0 bridgehead atoms. The van der Waals surface area contributed by atoms with Gasteiger partial charge in [0, 0.05) is 23.8 Å². The minimum absolute atomic E-state index is 0. The summed E-state index contributed by atoms with van der Waals surface area (Å²) >= 11 is 0. The molecule has 1 heterocycles. The van der Waals surface area contributed by atoms with Crippen molar-refractivity contribution < 1.29 is 9.18 Å². The molecule has 2 N–H and O–H groups in total. The summed E-state index contributed by atoms with van der Waals surface area (Å²) in [5.74, 6) is -0.539. The molecule has 0 fully saturated rings. The van der Waals surface area contributed by atoms with Gasteiger partial charge in [-0.1, -0.05) is 31.2 Å². The molecule has 146 valence electrons. The van der Waals surface area contributed by atoms with E-state index in [2.05, 4.69) is 29.1 Å². The van der Waals surface area contributed by atoms with Crippen molar-refractivity contribution in [3.05, 3.63) is 77.8 Å². The number of amides is 1. The van der Waals surface area contributed by atoms with Crippen LogP contribution in [0.15, 0.2) is 55.3 Å². The van der Waals surface area contributed by atoms with Gasteiger partial charge in [0.15, 0.2) is 0 Å². The molecule has 4 nitrogen and oxygen atoms in total. The van der Waals surface area contributed by atoms with Gasteiger partial charge in [-0.2, -0.15) is 0 Å². The molecule has 0 aliphatic carbocycles. The van der Waals surface area contributed by atoms with E-state index in [-0.39, 0.29) is 24.1 Å². The second-order valence-corrected chi connectivity index (χ2v) is 6.30. The average molecular weight is 400 g/mol. The van der Waals surface area contributed by atoms with E-state index in [4.69, 9.17) is 0 Å². The van der Waals surface area contributed by atoms with Gasteiger partial charge in [0.25, 0.3) is 5.91 Å². The normalized spacial score (nSPS) is 10.2. The highest BCUT2D eigenvalue weighted by Crippen LogP contribution is 2.32. The van der Waals surface area contributed by atoms with Gasteiger partial charge in [-0.05, 0) is 42.7 Å². The largest absolute Gasteiger partial charge is 0.354 e. The van der Waals surface area contributed by atoms with Gasteiger partial charge in [-0.15, -0.1) is 19.0 Å². The Morgan fingerprint density at radius 2 is 2.07 bits per heavy atom. The van der Waals surface area contributed by atoms with Crippen molar-refractivity contribution >= 4 is 40.6 Å². The van der Waals surface area contributed by atoms with Crippen LogP contribution in [0.4, 0.5) is 15.8 Å². The molecular formula is C22H23ClFN3O. The molecule has 0 saturated heterocycles. The van der Waals surface area contributed by atoms with Crippen LogP contribution in [0.25, 0.3) is 10.9 Å². The van der Waals surface area contributed by atoms with Gasteiger partial charge in [-0.3, -0.25) is 9.78 Å². The van der Waals surface area contributed by atoms with Crippen LogP contribution in [0.2, 0.25) is 0 Å². The molecule has 0 atom stereocenters. The van der Waals surface area contributed by atoms with Gasteiger partial charge in [0.05, 0.1) is 16.8 Å². The molecule has 6 heteroatoms. The van der Waals surface area contributed by atoms with E-state index >= 15 is 0 Å². The zero-order valence-electron chi connectivity index (χ0n) is 15.9. The van der Waals surface area contributed by atoms with Crippen molar-refractivity contribution in [1.29, 1.82) is 0 Å². The standard InChI is InChI=1S/C22H22FN3O.ClH/c1-4-11-24-22(27)18-13-25-20-15(5-2)7-6-8-17(20)21(18)26-19-10-9-16(23)12-14(19)3;/h4,6-10,12-13H,1,5,11H2,2-3H3,(H,24,27)(H,25,26);1H. The molecule has 3 rings (SSSR count). The molecule has 0 saturated carbocycles. The van der Waals surface area contributed by atoms with Crippen LogP contribution in [0.1, 0.15) is 28.4 Å². The average Bonchev–Trinajstić information content (AvgIpc) is 2.67. The number of aryl methyl sites for hydroxylation is 2. The van der Waals surface area contributed by atoms with Crippen LogP contribution < -0.4 is 10.6 Å². The van der Waals surface area contributed by atoms with Crippen molar-refractivity contribution in [1.82, 2.24) is 10.3 Å². The molecule has 0 unspecified atom stereocenters. The first-order chi connectivity index (χ1) is 13.0. The third-order valence-electron chi connectivity index (χ3n) is 4.46. The summed E-state index contributed by atoms with van der Waals surface area (Å²) in [5.41, 5.74) is 4.53. The Balaban J connectivity index is 0.00000280. The van der Waals surface area contributed by atoms with Crippen LogP contribution >= 0.6 is 12.4 Å². The summed E-state index contributed by atoms with van der Waals surface area (Å²) in [4.78, 5) is 17.2. The molecule has 28 heavy (non-hydrogen) atoms. The van der Waals surface area contributed by atoms with E-state index in [1.54, 1.807) is 18.3 Å². The van der Waals surface area contributed by atoms with E-state index in [9.17, 15) is 9.18 Å². The number of anilines is 2. The van der Waals surface area contributed by atoms with Crippen LogP contribution in [0.3, 0.4) is 0 Å². The first kappa shape index (κ1) is 21.4. The fraction of sp³-hybridized carbons (Fsp3) is 0.182. The van der Waals surface area contributed by atoms with Crippen LogP contribution in [0.5, 0.6) is 0 Å². The molecule has 1 aromatic heterocycles. The van der Waals surface area contributed by atoms with E-state index in [0.29, 0.717) is 17.8 Å². The fourth-order valence-corrected chi connectivity index (χ4v) is 3.04. The van der Waals surface area contributed by atoms with E-state index in [1.165, 1.54) is 12.1 Å². The predicted octanol–water partition coefficient (Wildman–Crippen LogP) is 5.33. The molecule has 0 spiro atoms. The maximum absolute atomic E-state index is 13.5. The smallest absolute Gasteiger partial charge is 0.255 e. The van der Waals surface area contributed by atoms with Crippen LogP contribution in [-0.2, 0) is 6.42 Å². The van der Waals surface area contributed by atoms with E-state index in [0.717, 1.165) is 34.1 Å². The highest BCUT2D eigenvalue weighted by atomic mass is 35.5. The zero-order chi connectivity index (χ0) is 19.4. The number of benzene rings is 2. The maximum atomic E-state index is 13.5. The van der Waals surface area contributed by atoms with E-state index in [1.807, 2.05) is 25.1 Å². The maximum Gasteiger partial charge on any atom is 0.255 e. The van der Waals surface area contributed by atoms with Crippen molar-refractivity contribution in [2.24, 2.45) is 0 Å². The summed E-state index contributed by atoms with van der Waals surface area (Å²) in [5, 5.41) is 6.97. The number of nitrogens with one attached hydrogen (secondary N) is 2. The number of halogens is 2. The highest BCUT2D eigenvalue weighted by molar-refractivity contribution is 6.08. The van der Waals surface area contributed by atoms with Crippen molar-refractivity contribution in [2.45, 2.75) is 20.3 Å². The Bertz CT molecular complexity index is 1020. The number of fused-ring (bicyclic) bond motifs is 1. The monoisotopic (exact) mass is 399 g/mol. The number of nitrogens with zero attached hydrogens (tertiary/aromatic N) is 1. The molecule has 0 aliphatic rings. The molecule has 0 radical (unpaired) electrons. The van der Waals surface area contributed by atoms with Gasteiger partial charge in [0.1, 0.15) is 5.82 Å². The fourth-order valence-electron chi connectivity index (χ4n) is 3.04. The number of hydrogen-bond acceptors (Lipinski definition) is 3. The Labute approximate surface area is 170 Å². The van der Waals surface area contributed by atoms with Crippen molar-refractivity contribution in [3.8, 4) is 0 Å². The number of carbonyl (C=O) groups is 1. The SMILES string of the molecule is C=CCNC(=O)c1cnc2c(CC)cccc2c1Nc1ccc(F)cc1C.Cl. The summed E-state index contributed by atoms with van der Waals surface area (Å²) in [6.45, 7) is 7.88. The van der Waals surface area contributed by atoms with Gasteiger partial charge < -0.3 is 10.6 Å². The third kappa shape index (κ3) is 4.31. The second kappa shape index (κ2) is 9.33. The number of hydrogen-bond donors (Lipinski definition) is 2. The first-order valence-electron chi connectivity index (χ1n) is 8.88. The minimum atomic E-state index is -0.296. The molecular weight excluding hydrogens is 377 g/mol. The summed E-state index contributed by atoms with van der Waals surface area (Å²) in [6, 6.07) is 10.4. The molecule has 2 aromatic carbocycles. The summed E-state index contributed by atoms with van der Waals surface area (Å²) in [7, 11) is 0. The van der Waals surface area contributed by atoms with E-state index < -0.39 is 0 Å². The van der Waals surface area contributed by atoms with Gasteiger partial charge in [-0.25, -0.2) is 4.39 Å². The lowest BCUT2D eigenvalue weighted by molar-refractivity contribution is 0.0958. The second-order valence-electron chi connectivity index (χ2n) is 6.30. The third-order valence-corrected chi connectivity index (χ3v) is 4.46. The first-order valence-corrected chi connectivity index (χ1v) is 8.88. The lowest BCUT2D eigenvalue weighted by Crippen LogP contribution is -2.24. The summed E-state index contributed by atoms with van der Waals surface area (Å²) < 4.78 is 13.5. The zero-order valence-corrected chi connectivity index (χ0v) is 16.7. The number of rotatable bonds is 6. The van der Waals surface area contributed by atoms with Gasteiger partial charge >= 0.3 is 0 Å². The Kier molecular flexibility index (Phi) is 7.12. The summed E-state index contributed by atoms with van der Waals surface area (Å²) in [6.07, 6.45) is 4.04. The quantitative estimate of drug-likeness (QED) is 0.551. The highest BCUT2D eigenvalue weighted by Gasteiger charge is 2.17. The van der Waals surface area contributed by atoms with Crippen LogP contribution in [-0.4, -0.2) is 17.4 Å². The van der Waals surface area contributed by atoms with Gasteiger partial charge in [0.2, 0.25) is 0 Å². The molecule has 3 aromatic rings. The van der Waals surface area contributed by atoms with Crippen LogP contribution in [0, 0.1) is 12.7 Å².